The number of thioether (sulfide) groups is 1. The average molecular weight is 142 g/mol. The second-order valence-electron chi connectivity index (χ2n) is 1.08. The first-order valence-electron chi connectivity index (χ1n) is 1.60. The van der Waals surface area contributed by atoms with Gasteiger partial charge in [-0.05, 0) is 6.26 Å². The molecule has 0 bridgehead atoms. The molecule has 0 unspecified atom stereocenters. The second-order valence-corrected chi connectivity index (χ2v) is 4.02. The highest BCUT2D eigenvalue weighted by atomic mass is 32.2. The Morgan fingerprint density at radius 1 is 1.71 bits per heavy atom. The van der Waals surface area contributed by atoms with Gasteiger partial charge in [-0.15, -0.1) is 0 Å². The molecule has 0 saturated heterocycles. The molecule has 0 aromatic carbocycles. The normalized spacial score (nSPS) is 11.9. The van der Waals surface area contributed by atoms with Gasteiger partial charge in [0, 0.05) is 0 Å². The van der Waals surface area contributed by atoms with Crippen molar-refractivity contribution in [1.29, 1.82) is 0 Å². The van der Waals surface area contributed by atoms with Crippen molar-refractivity contribution in [3.63, 3.8) is 0 Å². The van der Waals surface area contributed by atoms with Gasteiger partial charge >= 0.3 is 7.60 Å². The number of rotatable bonds is 2. The molecule has 0 heterocycles. The van der Waals surface area contributed by atoms with Gasteiger partial charge in [0.2, 0.25) is 0 Å². The van der Waals surface area contributed by atoms with E-state index in [4.69, 9.17) is 9.79 Å². The van der Waals surface area contributed by atoms with Crippen LogP contribution in [0.5, 0.6) is 0 Å². The Bertz CT molecular complexity index is 86.9. The third-order valence-electron chi connectivity index (χ3n) is 0.297. The molecule has 0 spiro atoms. The smallest absolute Gasteiger partial charge is 0.324 e. The van der Waals surface area contributed by atoms with E-state index in [9.17, 15) is 4.57 Å². The van der Waals surface area contributed by atoms with Crippen LogP contribution < -0.4 is 0 Å². The molecular formula is C2H7O3PS. The lowest BCUT2D eigenvalue weighted by molar-refractivity contribution is 0.379. The van der Waals surface area contributed by atoms with Crippen LogP contribution in [0.15, 0.2) is 0 Å². The van der Waals surface area contributed by atoms with E-state index in [1.807, 2.05) is 0 Å². The van der Waals surface area contributed by atoms with Gasteiger partial charge in [0.15, 0.2) is 0 Å². The number of hydrogen-bond acceptors (Lipinski definition) is 2. The maximum atomic E-state index is 9.90. The SMILES string of the molecule is CSCP(=O)(O)O. The minimum absolute atomic E-state index is 0.0764. The van der Waals surface area contributed by atoms with Crippen molar-refractivity contribution in [2.45, 2.75) is 0 Å². The maximum Gasteiger partial charge on any atom is 0.335 e. The fraction of sp³-hybridized carbons (Fsp3) is 1.00. The van der Waals surface area contributed by atoms with Crippen LogP contribution in [0, 0.1) is 0 Å². The van der Waals surface area contributed by atoms with Crippen LogP contribution in [0.25, 0.3) is 0 Å². The largest absolute Gasteiger partial charge is 0.335 e. The first kappa shape index (κ1) is 7.50. The second kappa shape index (κ2) is 2.72. The van der Waals surface area contributed by atoms with Crippen LogP contribution in [0.2, 0.25) is 0 Å². The Labute approximate surface area is 46.3 Å². The summed E-state index contributed by atoms with van der Waals surface area (Å²) in [6, 6.07) is 0. The van der Waals surface area contributed by atoms with Crippen molar-refractivity contribution in [2.75, 3.05) is 11.7 Å². The topological polar surface area (TPSA) is 57.5 Å². The van der Waals surface area contributed by atoms with Gasteiger partial charge in [-0.3, -0.25) is 4.57 Å². The van der Waals surface area contributed by atoms with E-state index in [2.05, 4.69) is 0 Å². The summed E-state index contributed by atoms with van der Waals surface area (Å²) in [7, 11) is -3.70. The van der Waals surface area contributed by atoms with Gasteiger partial charge in [-0.2, -0.15) is 11.8 Å². The number of hydrogen-bond donors (Lipinski definition) is 2. The highest BCUT2D eigenvalue weighted by molar-refractivity contribution is 8.03. The van der Waals surface area contributed by atoms with E-state index in [0.717, 1.165) is 11.8 Å². The summed E-state index contributed by atoms with van der Waals surface area (Å²) < 4.78 is 9.90. The molecule has 0 aromatic rings. The Balaban J connectivity index is 3.36. The summed E-state index contributed by atoms with van der Waals surface area (Å²) in [5.41, 5.74) is -0.0764. The predicted molar refractivity (Wildman–Crippen MR) is 30.4 cm³/mol. The van der Waals surface area contributed by atoms with E-state index in [1.54, 1.807) is 6.26 Å². The van der Waals surface area contributed by atoms with Crippen molar-refractivity contribution in [3.8, 4) is 0 Å². The molecule has 0 aromatic heterocycles. The molecule has 0 aliphatic heterocycles. The Kier molecular flexibility index (Phi) is 2.92. The summed E-state index contributed by atoms with van der Waals surface area (Å²) in [5.74, 6) is 0. The molecule has 0 saturated carbocycles. The minimum atomic E-state index is -3.70. The minimum Gasteiger partial charge on any atom is -0.324 e. The molecule has 7 heavy (non-hydrogen) atoms. The zero-order valence-electron chi connectivity index (χ0n) is 3.87. The molecule has 3 nitrogen and oxygen atoms in total. The first-order chi connectivity index (χ1) is 3.06. The molecular weight excluding hydrogens is 135 g/mol. The summed E-state index contributed by atoms with van der Waals surface area (Å²) in [6.07, 6.45) is 1.65. The van der Waals surface area contributed by atoms with Crippen LogP contribution in [-0.2, 0) is 4.57 Å². The molecule has 0 rings (SSSR count). The quantitative estimate of drug-likeness (QED) is 0.551. The fourth-order valence-corrected chi connectivity index (χ4v) is 1.51. The summed E-state index contributed by atoms with van der Waals surface area (Å²) >= 11 is 1.15. The van der Waals surface area contributed by atoms with Crippen molar-refractivity contribution < 1.29 is 14.4 Å². The first-order valence-corrected chi connectivity index (χ1v) is 4.79. The van der Waals surface area contributed by atoms with Crippen molar-refractivity contribution in [1.82, 2.24) is 0 Å². The van der Waals surface area contributed by atoms with Gasteiger partial charge in [-0.1, -0.05) is 0 Å². The van der Waals surface area contributed by atoms with E-state index in [0.29, 0.717) is 0 Å². The molecule has 0 aliphatic carbocycles. The summed E-state index contributed by atoms with van der Waals surface area (Å²) in [5, 5.41) is 0. The molecule has 0 aliphatic rings. The van der Waals surface area contributed by atoms with Crippen LogP contribution >= 0.6 is 19.4 Å². The fourth-order valence-electron chi connectivity index (χ4n) is 0.168. The lowest BCUT2D eigenvalue weighted by Gasteiger charge is -1.96. The van der Waals surface area contributed by atoms with Gasteiger partial charge in [0.05, 0.1) is 5.49 Å². The van der Waals surface area contributed by atoms with Crippen molar-refractivity contribution >= 4 is 19.4 Å². The van der Waals surface area contributed by atoms with Crippen LogP contribution in [0.3, 0.4) is 0 Å². The Hall–Kier alpha value is 0.500. The third-order valence-corrected chi connectivity index (χ3v) is 2.68. The standard InChI is InChI=1S/C2H7O3PS/c1-7-2-6(3,4)5/h2H2,1H3,(H2,3,4,5). The Morgan fingerprint density at radius 3 is 2.14 bits per heavy atom. The monoisotopic (exact) mass is 142 g/mol. The van der Waals surface area contributed by atoms with Crippen LogP contribution in [-0.4, -0.2) is 21.5 Å². The van der Waals surface area contributed by atoms with Gasteiger partial charge in [-0.25, -0.2) is 0 Å². The average Bonchev–Trinajstić information content (AvgIpc) is 1.30. The molecule has 0 amide bonds. The van der Waals surface area contributed by atoms with E-state index in [1.165, 1.54) is 0 Å². The van der Waals surface area contributed by atoms with Gasteiger partial charge in [0.1, 0.15) is 0 Å². The molecule has 0 atom stereocenters. The lowest BCUT2D eigenvalue weighted by atomic mass is 11.9. The van der Waals surface area contributed by atoms with E-state index >= 15 is 0 Å². The predicted octanol–water partition coefficient (Wildman–Crippen LogP) is 0.485. The molecule has 5 heteroatoms. The molecule has 0 fully saturated rings. The molecule has 0 radical (unpaired) electrons. The maximum absolute atomic E-state index is 9.90. The third kappa shape index (κ3) is 6.50. The van der Waals surface area contributed by atoms with Crippen LogP contribution in [0.1, 0.15) is 0 Å². The zero-order valence-corrected chi connectivity index (χ0v) is 5.58. The summed E-state index contributed by atoms with van der Waals surface area (Å²) in [6.45, 7) is 0. The van der Waals surface area contributed by atoms with E-state index in [-0.39, 0.29) is 5.49 Å². The summed E-state index contributed by atoms with van der Waals surface area (Å²) in [4.78, 5) is 16.2. The van der Waals surface area contributed by atoms with E-state index < -0.39 is 7.60 Å². The Morgan fingerprint density at radius 2 is 2.14 bits per heavy atom. The highest BCUT2D eigenvalue weighted by Gasteiger charge is 2.09. The lowest BCUT2D eigenvalue weighted by Crippen LogP contribution is -1.77. The molecule has 44 valence electrons. The van der Waals surface area contributed by atoms with Crippen LogP contribution in [0.4, 0.5) is 0 Å². The van der Waals surface area contributed by atoms with Crippen molar-refractivity contribution in [3.05, 3.63) is 0 Å². The highest BCUT2D eigenvalue weighted by Crippen LogP contribution is 2.37. The van der Waals surface area contributed by atoms with Crippen molar-refractivity contribution in [2.24, 2.45) is 0 Å². The van der Waals surface area contributed by atoms with Gasteiger partial charge < -0.3 is 9.79 Å². The van der Waals surface area contributed by atoms with Gasteiger partial charge in [0.25, 0.3) is 0 Å². The molecule has 2 N–H and O–H groups in total. The zero-order chi connectivity index (χ0) is 5.91.